The lowest BCUT2D eigenvalue weighted by atomic mass is 9.95. The van der Waals surface area contributed by atoms with Gasteiger partial charge in [-0.25, -0.2) is 0 Å². The van der Waals surface area contributed by atoms with Gasteiger partial charge in [-0.3, -0.25) is 4.79 Å². The van der Waals surface area contributed by atoms with E-state index in [1.807, 2.05) is 27.8 Å². The highest BCUT2D eigenvalue weighted by molar-refractivity contribution is 7.98. The van der Waals surface area contributed by atoms with Crippen LogP contribution in [0.15, 0.2) is 29.2 Å². The average molecular weight is 251 g/mol. The topological polar surface area (TPSA) is 20.3 Å². The molecule has 1 amide bonds. The molecule has 1 aromatic rings. The van der Waals surface area contributed by atoms with Crippen LogP contribution in [0, 0.1) is 5.41 Å². The summed E-state index contributed by atoms with van der Waals surface area (Å²) in [5, 5.41) is 0. The molecular weight excluding hydrogens is 230 g/mol. The molecular formula is C14H21NOS. The average Bonchev–Trinajstić information content (AvgIpc) is 2.27. The van der Waals surface area contributed by atoms with Crippen molar-refractivity contribution < 1.29 is 4.79 Å². The first-order valence-corrected chi connectivity index (χ1v) is 6.95. The van der Waals surface area contributed by atoms with Crippen LogP contribution in [0.1, 0.15) is 26.3 Å². The first kappa shape index (κ1) is 14.1. The van der Waals surface area contributed by atoms with E-state index in [0.717, 1.165) is 0 Å². The third-order valence-electron chi connectivity index (χ3n) is 2.57. The Kier molecular flexibility index (Phi) is 4.63. The molecule has 0 spiro atoms. The number of thioether (sulfide) groups is 1. The molecule has 1 aromatic carbocycles. The van der Waals surface area contributed by atoms with Crippen molar-refractivity contribution in [2.75, 3.05) is 13.3 Å². The minimum absolute atomic E-state index is 0.173. The van der Waals surface area contributed by atoms with Gasteiger partial charge in [-0.2, -0.15) is 0 Å². The van der Waals surface area contributed by atoms with Crippen LogP contribution in [0.4, 0.5) is 0 Å². The summed E-state index contributed by atoms with van der Waals surface area (Å²) in [6.07, 6.45) is 2.06. The molecule has 0 unspecified atom stereocenters. The quantitative estimate of drug-likeness (QED) is 0.767. The van der Waals surface area contributed by atoms with E-state index in [9.17, 15) is 4.79 Å². The number of benzene rings is 1. The molecule has 17 heavy (non-hydrogen) atoms. The fourth-order valence-corrected chi connectivity index (χ4v) is 2.06. The number of rotatable bonds is 3. The molecule has 0 aliphatic heterocycles. The van der Waals surface area contributed by atoms with E-state index in [2.05, 4.69) is 30.5 Å². The van der Waals surface area contributed by atoms with E-state index < -0.39 is 0 Å². The Hall–Kier alpha value is -0.960. The second-order valence-corrected chi connectivity index (χ2v) is 6.14. The van der Waals surface area contributed by atoms with Crippen molar-refractivity contribution in [2.45, 2.75) is 32.2 Å². The standard InChI is InChI=1S/C14H21NOS/c1-14(2,3)13(16)15(4)10-11-6-8-12(17-5)9-7-11/h6-9H,10H2,1-5H3. The van der Waals surface area contributed by atoms with E-state index in [1.165, 1.54) is 10.5 Å². The normalized spacial score (nSPS) is 11.4. The third-order valence-corrected chi connectivity index (χ3v) is 3.31. The van der Waals surface area contributed by atoms with Crippen LogP contribution >= 0.6 is 11.8 Å². The molecule has 0 saturated heterocycles. The summed E-state index contributed by atoms with van der Waals surface area (Å²) in [7, 11) is 1.86. The van der Waals surface area contributed by atoms with Crippen molar-refractivity contribution in [3.63, 3.8) is 0 Å². The molecule has 0 aliphatic rings. The molecule has 0 radical (unpaired) electrons. The SMILES string of the molecule is CSc1ccc(CN(C)C(=O)C(C)(C)C)cc1. The number of amides is 1. The third kappa shape index (κ3) is 4.08. The predicted octanol–water partition coefficient (Wildman–Crippen LogP) is 3.41. The first-order chi connectivity index (χ1) is 7.84. The number of carbonyl (C=O) groups excluding carboxylic acids is 1. The number of carbonyl (C=O) groups is 1. The number of nitrogens with zero attached hydrogens (tertiary/aromatic N) is 1. The molecule has 2 nitrogen and oxygen atoms in total. The van der Waals surface area contributed by atoms with Gasteiger partial charge in [0, 0.05) is 23.9 Å². The summed E-state index contributed by atoms with van der Waals surface area (Å²) >= 11 is 1.73. The zero-order chi connectivity index (χ0) is 13.1. The summed E-state index contributed by atoms with van der Waals surface area (Å²) in [5.41, 5.74) is 0.858. The van der Waals surface area contributed by atoms with Crippen LogP contribution in [-0.4, -0.2) is 24.1 Å². The van der Waals surface area contributed by atoms with Gasteiger partial charge in [0.05, 0.1) is 0 Å². The summed E-state index contributed by atoms with van der Waals surface area (Å²) in [5.74, 6) is 0.173. The largest absolute Gasteiger partial charge is 0.341 e. The van der Waals surface area contributed by atoms with E-state index in [-0.39, 0.29) is 11.3 Å². The Morgan fingerprint density at radius 3 is 2.18 bits per heavy atom. The van der Waals surface area contributed by atoms with E-state index in [0.29, 0.717) is 6.54 Å². The fraction of sp³-hybridized carbons (Fsp3) is 0.500. The van der Waals surface area contributed by atoms with Gasteiger partial charge in [-0.1, -0.05) is 32.9 Å². The van der Waals surface area contributed by atoms with Crippen molar-refractivity contribution in [1.29, 1.82) is 0 Å². The van der Waals surface area contributed by atoms with Crippen molar-refractivity contribution in [1.82, 2.24) is 4.90 Å². The Morgan fingerprint density at radius 2 is 1.76 bits per heavy atom. The molecule has 0 aromatic heterocycles. The maximum Gasteiger partial charge on any atom is 0.227 e. The number of hydrogen-bond acceptors (Lipinski definition) is 2. The molecule has 1 rings (SSSR count). The molecule has 0 bridgehead atoms. The van der Waals surface area contributed by atoms with Crippen LogP contribution < -0.4 is 0 Å². The lowest BCUT2D eigenvalue weighted by molar-refractivity contribution is -0.138. The van der Waals surface area contributed by atoms with Crippen LogP contribution in [0.5, 0.6) is 0 Å². The minimum Gasteiger partial charge on any atom is -0.341 e. The summed E-state index contributed by atoms with van der Waals surface area (Å²) in [4.78, 5) is 15.0. The smallest absolute Gasteiger partial charge is 0.227 e. The number of hydrogen-bond donors (Lipinski definition) is 0. The van der Waals surface area contributed by atoms with Gasteiger partial charge in [-0.05, 0) is 24.0 Å². The first-order valence-electron chi connectivity index (χ1n) is 5.73. The van der Waals surface area contributed by atoms with Gasteiger partial charge < -0.3 is 4.90 Å². The summed E-state index contributed by atoms with van der Waals surface area (Å²) < 4.78 is 0. The highest BCUT2D eigenvalue weighted by Crippen LogP contribution is 2.19. The van der Waals surface area contributed by atoms with Crippen molar-refractivity contribution in [2.24, 2.45) is 5.41 Å². The second-order valence-electron chi connectivity index (χ2n) is 5.26. The van der Waals surface area contributed by atoms with Gasteiger partial charge in [0.2, 0.25) is 5.91 Å². The maximum absolute atomic E-state index is 12.0. The minimum atomic E-state index is -0.312. The molecule has 3 heteroatoms. The van der Waals surface area contributed by atoms with E-state index in [4.69, 9.17) is 0 Å². The zero-order valence-electron chi connectivity index (χ0n) is 11.3. The maximum atomic E-state index is 12.0. The lowest BCUT2D eigenvalue weighted by Crippen LogP contribution is -2.36. The molecule has 0 aliphatic carbocycles. The summed E-state index contributed by atoms with van der Waals surface area (Å²) in [6, 6.07) is 8.35. The van der Waals surface area contributed by atoms with E-state index >= 15 is 0 Å². The Labute approximate surface area is 108 Å². The Morgan fingerprint density at radius 1 is 1.24 bits per heavy atom. The Balaban J connectivity index is 2.68. The highest BCUT2D eigenvalue weighted by Gasteiger charge is 2.24. The molecule has 0 saturated carbocycles. The monoisotopic (exact) mass is 251 g/mol. The second kappa shape index (κ2) is 5.58. The van der Waals surface area contributed by atoms with Crippen molar-refractivity contribution in [3.05, 3.63) is 29.8 Å². The van der Waals surface area contributed by atoms with E-state index in [1.54, 1.807) is 16.7 Å². The van der Waals surface area contributed by atoms with Crippen molar-refractivity contribution in [3.8, 4) is 0 Å². The summed E-state index contributed by atoms with van der Waals surface area (Å²) in [6.45, 7) is 6.51. The molecule has 0 atom stereocenters. The molecule has 0 fully saturated rings. The lowest BCUT2D eigenvalue weighted by Gasteiger charge is -2.26. The van der Waals surface area contributed by atoms with Crippen LogP contribution in [0.2, 0.25) is 0 Å². The van der Waals surface area contributed by atoms with Gasteiger partial charge in [0.15, 0.2) is 0 Å². The molecule has 0 heterocycles. The molecule has 94 valence electrons. The van der Waals surface area contributed by atoms with Crippen molar-refractivity contribution >= 4 is 17.7 Å². The van der Waals surface area contributed by atoms with Gasteiger partial charge in [-0.15, -0.1) is 11.8 Å². The van der Waals surface area contributed by atoms with Crippen LogP contribution in [0.3, 0.4) is 0 Å². The van der Waals surface area contributed by atoms with Gasteiger partial charge >= 0.3 is 0 Å². The Bertz CT molecular complexity index is 378. The van der Waals surface area contributed by atoms with Gasteiger partial charge in [0.25, 0.3) is 0 Å². The highest BCUT2D eigenvalue weighted by atomic mass is 32.2. The van der Waals surface area contributed by atoms with Gasteiger partial charge in [0.1, 0.15) is 0 Å². The predicted molar refractivity (Wildman–Crippen MR) is 74.2 cm³/mol. The molecule has 0 N–H and O–H groups in total. The van der Waals surface area contributed by atoms with Crippen LogP contribution in [0.25, 0.3) is 0 Å². The zero-order valence-corrected chi connectivity index (χ0v) is 12.1. The fourth-order valence-electron chi connectivity index (χ4n) is 1.65. The van der Waals surface area contributed by atoms with Crippen LogP contribution in [-0.2, 0) is 11.3 Å².